The Balaban J connectivity index is 3.87. The summed E-state index contributed by atoms with van der Waals surface area (Å²) in [7, 11) is 0.660. The van der Waals surface area contributed by atoms with E-state index in [0.717, 1.165) is 0 Å². The van der Waals surface area contributed by atoms with E-state index in [-0.39, 0.29) is 6.29 Å². The number of methoxy groups -OCH3 is 2. The van der Waals surface area contributed by atoms with Crippen molar-refractivity contribution in [1.29, 1.82) is 0 Å². The van der Waals surface area contributed by atoms with E-state index in [4.69, 9.17) is 14.0 Å². The van der Waals surface area contributed by atoms with Crippen molar-refractivity contribution in [2.45, 2.75) is 26.6 Å². The summed E-state index contributed by atoms with van der Waals surface area (Å²) in [4.78, 5) is 0. The minimum absolute atomic E-state index is 0.291. The molecule has 0 aromatic rings. The van der Waals surface area contributed by atoms with Gasteiger partial charge in [0, 0.05) is 33.5 Å². The smallest absolute Gasteiger partial charge is 0.200 e. The van der Waals surface area contributed by atoms with Crippen molar-refractivity contribution in [2.24, 2.45) is 5.92 Å². The van der Waals surface area contributed by atoms with Crippen LogP contribution in [0.5, 0.6) is 0 Å². The van der Waals surface area contributed by atoms with Crippen molar-refractivity contribution in [3.05, 3.63) is 0 Å². The molecule has 0 aliphatic heterocycles. The standard InChI is InChI=1S/C10H23O4P/c1-9(2)8-14-15(5,11)7-6-10(12-3)13-4/h9-10H,6-8H2,1-5H3. The first kappa shape index (κ1) is 15.1. The summed E-state index contributed by atoms with van der Waals surface area (Å²) in [5.74, 6) is 0.402. The molecule has 0 spiro atoms. The molecule has 0 aliphatic carbocycles. The van der Waals surface area contributed by atoms with E-state index in [9.17, 15) is 4.57 Å². The Labute approximate surface area is 92.7 Å². The Morgan fingerprint density at radius 1 is 1.20 bits per heavy atom. The van der Waals surface area contributed by atoms with E-state index in [0.29, 0.717) is 25.1 Å². The van der Waals surface area contributed by atoms with Crippen molar-refractivity contribution in [3.8, 4) is 0 Å². The van der Waals surface area contributed by atoms with Crippen molar-refractivity contribution in [1.82, 2.24) is 0 Å². The first-order chi connectivity index (χ1) is 6.91. The maximum Gasteiger partial charge on any atom is 0.200 e. The molecule has 0 aromatic heterocycles. The van der Waals surface area contributed by atoms with Crippen LogP contribution in [0.15, 0.2) is 0 Å². The Bertz CT molecular complexity index is 202. The molecular weight excluding hydrogens is 215 g/mol. The first-order valence-corrected chi connectivity index (χ1v) is 7.43. The van der Waals surface area contributed by atoms with Crippen LogP contribution in [0.1, 0.15) is 20.3 Å². The van der Waals surface area contributed by atoms with Crippen molar-refractivity contribution < 1.29 is 18.6 Å². The fraction of sp³-hybridized carbons (Fsp3) is 1.00. The van der Waals surface area contributed by atoms with Crippen LogP contribution in [0.4, 0.5) is 0 Å². The molecule has 0 aromatic carbocycles. The minimum Gasteiger partial charge on any atom is -0.356 e. The van der Waals surface area contributed by atoms with Gasteiger partial charge < -0.3 is 14.0 Å². The normalized spacial score (nSPS) is 15.9. The minimum atomic E-state index is -2.49. The van der Waals surface area contributed by atoms with E-state index >= 15 is 0 Å². The van der Waals surface area contributed by atoms with Crippen molar-refractivity contribution >= 4 is 7.37 Å². The van der Waals surface area contributed by atoms with Gasteiger partial charge in [0.2, 0.25) is 0 Å². The van der Waals surface area contributed by atoms with Gasteiger partial charge in [-0.2, -0.15) is 0 Å². The Hall–Kier alpha value is 0.110. The Morgan fingerprint density at radius 2 is 1.73 bits per heavy atom. The molecule has 0 bridgehead atoms. The summed E-state index contributed by atoms with van der Waals surface area (Å²) in [6.07, 6.45) is 0.797. The SMILES string of the molecule is COC(CCP(C)(=O)OCC(C)C)OC. The lowest BCUT2D eigenvalue weighted by Crippen LogP contribution is -2.15. The summed E-state index contributed by atoms with van der Waals surface area (Å²) in [6.45, 7) is 6.27. The number of hydrogen-bond acceptors (Lipinski definition) is 4. The quantitative estimate of drug-likeness (QED) is 0.481. The van der Waals surface area contributed by atoms with E-state index in [1.54, 1.807) is 20.9 Å². The summed E-state index contributed by atoms with van der Waals surface area (Å²) < 4.78 is 27.3. The Kier molecular flexibility index (Phi) is 7.45. The van der Waals surface area contributed by atoms with Gasteiger partial charge in [0.15, 0.2) is 13.7 Å². The molecule has 0 rings (SSSR count). The van der Waals surface area contributed by atoms with Gasteiger partial charge in [0.05, 0.1) is 6.61 Å². The molecule has 0 radical (unpaired) electrons. The average molecular weight is 238 g/mol. The van der Waals surface area contributed by atoms with E-state index < -0.39 is 7.37 Å². The molecule has 5 heteroatoms. The zero-order valence-corrected chi connectivity index (χ0v) is 11.3. The monoisotopic (exact) mass is 238 g/mol. The van der Waals surface area contributed by atoms with Gasteiger partial charge in [-0.3, -0.25) is 4.57 Å². The molecule has 15 heavy (non-hydrogen) atoms. The molecule has 0 saturated carbocycles. The molecule has 1 atom stereocenters. The fourth-order valence-corrected chi connectivity index (χ4v) is 2.47. The fourth-order valence-electron chi connectivity index (χ4n) is 1.04. The highest BCUT2D eigenvalue weighted by molar-refractivity contribution is 7.58. The van der Waals surface area contributed by atoms with Gasteiger partial charge in [-0.25, -0.2) is 0 Å². The maximum absolute atomic E-state index is 11.9. The van der Waals surface area contributed by atoms with Crippen LogP contribution < -0.4 is 0 Å². The topological polar surface area (TPSA) is 44.8 Å². The second kappa shape index (κ2) is 7.39. The van der Waals surface area contributed by atoms with Gasteiger partial charge in [0.25, 0.3) is 0 Å². The highest BCUT2D eigenvalue weighted by Gasteiger charge is 2.19. The predicted octanol–water partition coefficient (Wildman–Crippen LogP) is 2.58. The lowest BCUT2D eigenvalue weighted by atomic mass is 10.2. The average Bonchev–Trinajstić information content (AvgIpc) is 2.17. The van der Waals surface area contributed by atoms with Crippen molar-refractivity contribution in [3.63, 3.8) is 0 Å². The van der Waals surface area contributed by atoms with E-state index in [2.05, 4.69) is 0 Å². The third-order valence-electron chi connectivity index (χ3n) is 1.98. The second-order valence-electron chi connectivity index (χ2n) is 4.12. The molecule has 1 unspecified atom stereocenters. The van der Waals surface area contributed by atoms with Crippen molar-refractivity contribution in [2.75, 3.05) is 33.7 Å². The zero-order valence-electron chi connectivity index (χ0n) is 10.4. The molecule has 0 N–H and O–H groups in total. The molecule has 92 valence electrons. The first-order valence-electron chi connectivity index (χ1n) is 5.18. The summed E-state index contributed by atoms with van der Waals surface area (Å²) in [5, 5.41) is 0. The third-order valence-corrected chi connectivity index (χ3v) is 3.74. The van der Waals surface area contributed by atoms with Crippen LogP contribution in [-0.4, -0.2) is 39.9 Å². The van der Waals surface area contributed by atoms with Gasteiger partial charge >= 0.3 is 0 Å². The largest absolute Gasteiger partial charge is 0.356 e. The number of ether oxygens (including phenoxy) is 2. The van der Waals surface area contributed by atoms with Gasteiger partial charge in [-0.1, -0.05) is 13.8 Å². The lowest BCUT2D eigenvalue weighted by Gasteiger charge is -2.18. The van der Waals surface area contributed by atoms with Crippen LogP contribution in [-0.2, 0) is 18.6 Å². The molecule has 0 fully saturated rings. The maximum atomic E-state index is 11.9. The Morgan fingerprint density at radius 3 is 2.13 bits per heavy atom. The van der Waals surface area contributed by atoms with E-state index in [1.165, 1.54) is 0 Å². The van der Waals surface area contributed by atoms with Crippen LogP contribution in [0, 0.1) is 5.92 Å². The van der Waals surface area contributed by atoms with Crippen LogP contribution in [0.2, 0.25) is 0 Å². The molecule has 4 nitrogen and oxygen atoms in total. The molecule has 0 aliphatic rings. The summed E-state index contributed by atoms with van der Waals surface area (Å²) in [6, 6.07) is 0. The summed E-state index contributed by atoms with van der Waals surface area (Å²) in [5.41, 5.74) is 0. The molecule has 0 amide bonds. The molecule has 0 saturated heterocycles. The van der Waals surface area contributed by atoms with E-state index in [1.807, 2.05) is 13.8 Å². The highest BCUT2D eigenvalue weighted by atomic mass is 31.2. The highest BCUT2D eigenvalue weighted by Crippen LogP contribution is 2.43. The molecular formula is C10H23O4P. The van der Waals surface area contributed by atoms with Crippen LogP contribution >= 0.6 is 7.37 Å². The molecule has 0 heterocycles. The number of hydrogen-bond donors (Lipinski definition) is 0. The zero-order chi connectivity index (χ0) is 11.9. The lowest BCUT2D eigenvalue weighted by molar-refractivity contribution is -0.103. The third kappa shape index (κ3) is 7.97. The van der Waals surface area contributed by atoms with Gasteiger partial charge in [-0.05, 0) is 5.92 Å². The predicted molar refractivity (Wildman–Crippen MR) is 61.6 cm³/mol. The second-order valence-corrected chi connectivity index (χ2v) is 6.85. The number of rotatable bonds is 8. The van der Waals surface area contributed by atoms with Crippen LogP contribution in [0.25, 0.3) is 0 Å². The van der Waals surface area contributed by atoms with Crippen LogP contribution in [0.3, 0.4) is 0 Å². The summed E-state index contributed by atoms with van der Waals surface area (Å²) >= 11 is 0. The van der Waals surface area contributed by atoms with Gasteiger partial charge in [0.1, 0.15) is 0 Å². The van der Waals surface area contributed by atoms with Gasteiger partial charge in [-0.15, -0.1) is 0 Å².